The number of thioether (sulfide) groups is 1. The molecule has 10 heteroatoms. The highest BCUT2D eigenvalue weighted by Gasteiger charge is 2.32. The molecule has 2 atom stereocenters. The molecule has 0 radical (unpaired) electrons. The highest BCUT2D eigenvalue weighted by molar-refractivity contribution is 8.00. The van der Waals surface area contributed by atoms with E-state index in [1.165, 1.54) is 24.0 Å². The number of carbonyl (C=O) groups excluding carboxylic acids is 3. The molecular weight excluding hydrogens is 543 g/mol. The number of benzene rings is 3. The number of anilines is 2. The van der Waals surface area contributed by atoms with Crippen LogP contribution in [-0.2, 0) is 16.1 Å². The lowest BCUT2D eigenvalue weighted by Gasteiger charge is -2.13. The number of pyridine rings is 1. The van der Waals surface area contributed by atoms with Gasteiger partial charge in [0.05, 0.1) is 11.9 Å². The van der Waals surface area contributed by atoms with Gasteiger partial charge in [-0.2, -0.15) is 0 Å². The number of nitrogens with one attached hydrogen (secondary N) is 2. The van der Waals surface area contributed by atoms with Gasteiger partial charge in [0.25, 0.3) is 11.8 Å². The summed E-state index contributed by atoms with van der Waals surface area (Å²) in [6.45, 7) is 2.09. The second-order valence-electron chi connectivity index (χ2n) is 9.53. The van der Waals surface area contributed by atoms with Gasteiger partial charge >= 0.3 is 5.97 Å². The Kier molecular flexibility index (Phi) is 8.42. The number of ether oxygens (including phenoxy) is 1. The summed E-state index contributed by atoms with van der Waals surface area (Å²) in [5.74, 6) is -1.64. The molecule has 8 nitrogen and oxygen atoms in total. The molecular formula is C31H27FN4O4S. The molecule has 2 unspecified atom stereocenters. The van der Waals surface area contributed by atoms with Crippen LogP contribution in [0.2, 0.25) is 0 Å². The Bertz CT molecular complexity index is 1610. The first-order valence-electron chi connectivity index (χ1n) is 12.9. The maximum absolute atomic E-state index is 14.0. The SMILES string of the molecule is CC1CC(Sc2ccc(NC(=O)c3cccc(-c4cc(C(=O)Nc5ccncc5F)ccc4CN)c3)cc2)C(=O)O1. The fourth-order valence-corrected chi connectivity index (χ4v) is 5.60. The quantitative estimate of drug-likeness (QED) is 0.234. The van der Waals surface area contributed by atoms with E-state index >= 15 is 0 Å². The standard InChI is InChI=1S/C31H27FN4O4S/c1-18-13-28(31(39)40-18)41-24-9-7-23(8-10-24)35-29(37)20-4-2-3-19(14-20)25-15-21(5-6-22(25)16-33)30(38)36-27-11-12-34-17-26(27)32/h2-12,14-15,17-18,28H,13,16,33H2,1H3,(H,35,37)(H,34,36,38). The van der Waals surface area contributed by atoms with Crippen molar-refractivity contribution >= 4 is 40.9 Å². The van der Waals surface area contributed by atoms with E-state index in [2.05, 4.69) is 15.6 Å². The van der Waals surface area contributed by atoms with Crippen LogP contribution in [0.3, 0.4) is 0 Å². The Morgan fingerprint density at radius 2 is 1.78 bits per heavy atom. The van der Waals surface area contributed by atoms with Crippen molar-refractivity contribution in [2.24, 2.45) is 5.73 Å². The highest BCUT2D eigenvalue weighted by Crippen LogP contribution is 2.33. The molecule has 4 aromatic rings. The minimum atomic E-state index is -0.639. The molecule has 0 spiro atoms. The Labute approximate surface area is 240 Å². The number of nitrogens with two attached hydrogens (primary N) is 1. The van der Waals surface area contributed by atoms with Gasteiger partial charge < -0.3 is 21.1 Å². The van der Waals surface area contributed by atoms with Gasteiger partial charge in [-0.3, -0.25) is 19.4 Å². The van der Waals surface area contributed by atoms with E-state index in [1.807, 2.05) is 25.1 Å². The summed E-state index contributed by atoms with van der Waals surface area (Å²) in [5.41, 5.74) is 9.50. The van der Waals surface area contributed by atoms with Gasteiger partial charge in [0.2, 0.25) is 0 Å². The third kappa shape index (κ3) is 6.62. The Balaban J connectivity index is 1.31. The van der Waals surface area contributed by atoms with E-state index in [0.29, 0.717) is 34.4 Å². The van der Waals surface area contributed by atoms with E-state index in [-0.39, 0.29) is 35.5 Å². The van der Waals surface area contributed by atoms with Gasteiger partial charge in [-0.05, 0) is 78.2 Å². The van der Waals surface area contributed by atoms with Crippen molar-refractivity contribution in [3.8, 4) is 11.1 Å². The van der Waals surface area contributed by atoms with Crippen molar-refractivity contribution < 1.29 is 23.5 Å². The zero-order chi connectivity index (χ0) is 28.9. The fourth-order valence-electron chi connectivity index (χ4n) is 4.46. The number of nitrogens with zero attached hydrogens (tertiary/aromatic N) is 1. The van der Waals surface area contributed by atoms with Crippen molar-refractivity contribution in [2.45, 2.75) is 36.1 Å². The molecule has 208 valence electrons. The molecule has 2 heterocycles. The monoisotopic (exact) mass is 570 g/mol. The zero-order valence-electron chi connectivity index (χ0n) is 22.1. The summed E-state index contributed by atoms with van der Waals surface area (Å²) in [5, 5.41) is 5.22. The molecule has 1 fully saturated rings. The van der Waals surface area contributed by atoms with E-state index in [1.54, 1.807) is 48.5 Å². The van der Waals surface area contributed by atoms with Gasteiger partial charge in [0.1, 0.15) is 11.4 Å². The van der Waals surface area contributed by atoms with Crippen LogP contribution in [0.15, 0.2) is 90.1 Å². The van der Waals surface area contributed by atoms with Crippen molar-refractivity contribution in [2.75, 3.05) is 10.6 Å². The van der Waals surface area contributed by atoms with Crippen LogP contribution in [0.5, 0.6) is 0 Å². The number of rotatable bonds is 8. The molecule has 1 aliphatic heterocycles. The second-order valence-corrected chi connectivity index (χ2v) is 10.8. The Morgan fingerprint density at radius 1 is 1.02 bits per heavy atom. The number of hydrogen-bond acceptors (Lipinski definition) is 7. The number of carbonyl (C=O) groups is 3. The molecule has 3 aromatic carbocycles. The van der Waals surface area contributed by atoms with Crippen LogP contribution in [0.25, 0.3) is 11.1 Å². The Morgan fingerprint density at radius 3 is 2.49 bits per heavy atom. The number of hydrogen-bond donors (Lipinski definition) is 3. The molecule has 1 aromatic heterocycles. The average molecular weight is 571 g/mol. The predicted octanol–water partition coefficient (Wildman–Crippen LogP) is 5.65. The van der Waals surface area contributed by atoms with Gasteiger partial charge in [-0.15, -0.1) is 11.8 Å². The largest absolute Gasteiger partial charge is 0.462 e. The van der Waals surface area contributed by atoms with Gasteiger partial charge in [0, 0.05) is 40.9 Å². The average Bonchev–Trinajstić information content (AvgIpc) is 3.30. The number of aromatic nitrogens is 1. The fraction of sp³-hybridized carbons (Fsp3) is 0.161. The van der Waals surface area contributed by atoms with Crippen molar-refractivity contribution in [3.63, 3.8) is 0 Å². The highest BCUT2D eigenvalue weighted by atomic mass is 32.2. The third-order valence-corrected chi connectivity index (χ3v) is 7.78. The molecule has 0 aliphatic carbocycles. The predicted molar refractivity (Wildman–Crippen MR) is 156 cm³/mol. The first kappa shape index (κ1) is 28.0. The summed E-state index contributed by atoms with van der Waals surface area (Å²) < 4.78 is 19.2. The van der Waals surface area contributed by atoms with Crippen LogP contribution in [0, 0.1) is 5.82 Å². The van der Waals surface area contributed by atoms with Crippen LogP contribution in [0.1, 0.15) is 39.6 Å². The van der Waals surface area contributed by atoms with Gasteiger partial charge in [0.15, 0.2) is 5.82 Å². The molecule has 1 saturated heterocycles. The molecule has 1 aliphatic rings. The third-order valence-electron chi connectivity index (χ3n) is 6.57. The van der Waals surface area contributed by atoms with Crippen molar-refractivity contribution in [1.29, 1.82) is 0 Å². The van der Waals surface area contributed by atoms with Gasteiger partial charge in [-0.1, -0.05) is 18.2 Å². The molecule has 4 N–H and O–H groups in total. The lowest BCUT2D eigenvalue weighted by molar-refractivity contribution is -0.140. The van der Waals surface area contributed by atoms with Crippen LogP contribution in [0.4, 0.5) is 15.8 Å². The van der Waals surface area contributed by atoms with Crippen molar-refractivity contribution in [1.82, 2.24) is 4.98 Å². The normalized spacial score (nSPS) is 16.2. The maximum atomic E-state index is 14.0. The minimum absolute atomic E-state index is 0.0235. The van der Waals surface area contributed by atoms with Crippen molar-refractivity contribution in [3.05, 3.63) is 108 Å². The maximum Gasteiger partial charge on any atom is 0.319 e. The van der Waals surface area contributed by atoms with E-state index in [4.69, 9.17) is 10.5 Å². The first-order valence-corrected chi connectivity index (χ1v) is 13.8. The lowest BCUT2D eigenvalue weighted by atomic mass is 9.95. The number of amides is 2. The summed E-state index contributed by atoms with van der Waals surface area (Å²) in [4.78, 5) is 42.5. The zero-order valence-corrected chi connectivity index (χ0v) is 22.9. The second kappa shape index (κ2) is 12.3. The van der Waals surface area contributed by atoms with Crippen LogP contribution < -0.4 is 16.4 Å². The van der Waals surface area contributed by atoms with Gasteiger partial charge in [-0.25, -0.2) is 4.39 Å². The number of halogens is 1. The Hall–Kier alpha value is -4.54. The van der Waals surface area contributed by atoms with E-state index in [0.717, 1.165) is 16.7 Å². The molecule has 0 bridgehead atoms. The number of cyclic esters (lactones) is 1. The molecule has 41 heavy (non-hydrogen) atoms. The van der Waals surface area contributed by atoms with Crippen LogP contribution >= 0.6 is 11.8 Å². The summed E-state index contributed by atoms with van der Waals surface area (Å²) >= 11 is 1.45. The van der Waals surface area contributed by atoms with E-state index in [9.17, 15) is 18.8 Å². The first-order chi connectivity index (χ1) is 19.8. The van der Waals surface area contributed by atoms with E-state index < -0.39 is 11.7 Å². The number of esters is 1. The molecule has 0 saturated carbocycles. The molecule has 5 rings (SSSR count). The summed E-state index contributed by atoms with van der Waals surface area (Å²) in [7, 11) is 0. The molecule has 2 amide bonds. The lowest BCUT2D eigenvalue weighted by Crippen LogP contribution is -2.14. The van der Waals surface area contributed by atoms with Crippen LogP contribution in [-0.4, -0.2) is 34.1 Å². The minimum Gasteiger partial charge on any atom is -0.462 e. The summed E-state index contributed by atoms with van der Waals surface area (Å²) in [6.07, 6.45) is 3.00. The topological polar surface area (TPSA) is 123 Å². The summed E-state index contributed by atoms with van der Waals surface area (Å²) in [6, 6.07) is 20.7. The smallest absolute Gasteiger partial charge is 0.319 e.